The maximum absolute atomic E-state index is 13.6. The number of fused-ring (bicyclic) bond motifs is 1. The van der Waals surface area contributed by atoms with Crippen molar-refractivity contribution >= 4 is 22.5 Å². The molecule has 0 saturated carbocycles. The fourth-order valence-electron chi connectivity index (χ4n) is 2.93. The van der Waals surface area contributed by atoms with Gasteiger partial charge in [-0.3, -0.25) is 9.78 Å². The lowest BCUT2D eigenvalue weighted by molar-refractivity contribution is 0.100. The number of nitrogens with one attached hydrogen (secondary N) is 1. The number of nitrogens with zero attached hydrogens (tertiary/aromatic N) is 1. The van der Waals surface area contributed by atoms with Crippen molar-refractivity contribution in [1.82, 2.24) is 4.98 Å². The van der Waals surface area contributed by atoms with Crippen LogP contribution >= 0.6 is 0 Å². The van der Waals surface area contributed by atoms with Crippen molar-refractivity contribution in [2.45, 2.75) is 12.6 Å². The van der Waals surface area contributed by atoms with E-state index in [0.29, 0.717) is 27.7 Å². The summed E-state index contributed by atoms with van der Waals surface area (Å²) in [6.45, 7) is -0.0554. The standard InChI is InChI=1S/C19H19FN4O2/c20-13-4-1-3-11(7-13)16(8-21)24-17-12(10-25)9-23-18-14(17)5-2-6-15(18)19(22)26/h1-7,9,16,25H,8,10,21H2,(H2,22,26)(H,23,24). The fraction of sp³-hybridized carbons (Fsp3) is 0.158. The third-order valence-electron chi connectivity index (χ3n) is 4.22. The van der Waals surface area contributed by atoms with Crippen molar-refractivity contribution in [3.05, 3.63) is 71.2 Å². The molecule has 134 valence electrons. The van der Waals surface area contributed by atoms with E-state index in [1.165, 1.54) is 18.3 Å². The zero-order valence-corrected chi connectivity index (χ0v) is 13.9. The van der Waals surface area contributed by atoms with Gasteiger partial charge >= 0.3 is 0 Å². The van der Waals surface area contributed by atoms with Crippen LogP contribution in [0.5, 0.6) is 0 Å². The molecule has 1 amide bonds. The van der Waals surface area contributed by atoms with Crippen molar-refractivity contribution in [3.63, 3.8) is 0 Å². The molecule has 0 aliphatic heterocycles. The number of para-hydroxylation sites is 1. The molecule has 0 saturated heterocycles. The Morgan fingerprint density at radius 2 is 2.04 bits per heavy atom. The van der Waals surface area contributed by atoms with E-state index in [4.69, 9.17) is 11.5 Å². The summed E-state index contributed by atoms with van der Waals surface area (Å²) in [5.74, 6) is -0.952. The van der Waals surface area contributed by atoms with Crippen LogP contribution in [0, 0.1) is 5.82 Å². The van der Waals surface area contributed by atoms with Gasteiger partial charge in [0.25, 0.3) is 5.91 Å². The van der Waals surface area contributed by atoms with Gasteiger partial charge in [0.1, 0.15) is 5.82 Å². The number of hydrogen-bond acceptors (Lipinski definition) is 5. The third-order valence-corrected chi connectivity index (χ3v) is 4.22. The summed E-state index contributed by atoms with van der Waals surface area (Å²) in [5.41, 5.74) is 13.8. The number of aromatic nitrogens is 1. The van der Waals surface area contributed by atoms with Gasteiger partial charge in [-0.05, 0) is 23.8 Å². The first kappa shape index (κ1) is 17.8. The number of anilines is 1. The number of aliphatic hydroxyl groups is 1. The van der Waals surface area contributed by atoms with Crippen LogP contribution in [0.15, 0.2) is 48.7 Å². The second kappa shape index (κ2) is 7.47. The number of amides is 1. The molecule has 0 fully saturated rings. The van der Waals surface area contributed by atoms with Gasteiger partial charge in [0.15, 0.2) is 0 Å². The highest BCUT2D eigenvalue weighted by atomic mass is 19.1. The van der Waals surface area contributed by atoms with Crippen LogP contribution in [0.25, 0.3) is 10.9 Å². The summed E-state index contributed by atoms with van der Waals surface area (Å²) in [4.78, 5) is 15.9. The number of nitrogens with two attached hydrogens (primary N) is 2. The van der Waals surface area contributed by atoms with Gasteiger partial charge < -0.3 is 21.9 Å². The Balaban J connectivity index is 2.13. The topological polar surface area (TPSA) is 114 Å². The van der Waals surface area contributed by atoms with Crippen LogP contribution in [0.2, 0.25) is 0 Å². The zero-order valence-electron chi connectivity index (χ0n) is 13.9. The molecule has 1 heterocycles. The first-order valence-corrected chi connectivity index (χ1v) is 8.08. The first-order chi connectivity index (χ1) is 12.5. The minimum Gasteiger partial charge on any atom is -0.392 e. The van der Waals surface area contributed by atoms with E-state index in [2.05, 4.69) is 10.3 Å². The Morgan fingerprint density at radius 1 is 1.27 bits per heavy atom. The molecule has 7 heteroatoms. The number of benzene rings is 2. The SMILES string of the molecule is NCC(Nc1c(CO)cnc2c(C(N)=O)cccc12)c1cccc(F)c1. The van der Waals surface area contributed by atoms with Crippen LogP contribution in [0.1, 0.15) is 27.5 Å². The fourth-order valence-corrected chi connectivity index (χ4v) is 2.93. The maximum atomic E-state index is 13.6. The van der Waals surface area contributed by atoms with Gasteiger partial charge in [0.05, 0.1) is 29.4 Å². The van der Waals surface area contributed by atoms with Crippen LogP contribution in [-0.4, -0.2) is 22.5 Å². The van der Waals surface area contributed by atoms with Crippen molar-refractivity contribution in [2.24, 2.45) is 11.5 Å². The molecule has 1 atom stereocenters. The number of halogens is 1. The molecular formula is C19H19FN4O2. The second-order valence-electron chi connectivity index (χ2n) is 5.87. The molecule has 0 aliphatic rings. The Labute approximate surface area is 149 Å². The van der Waals surface area contributed by atoms with Crippen molar-refractivity contribution in [3.8, 4) is 0 Å². The van der Waals surface area contributed by atoms with E-state index in [9.17, 15) is 14.3 Å². The molecule has 2 aromatic carbocycles. The molecule has 1 aromatic heterocycles. The van der Waals surface area contributed by atoms with Crippen LogP contribution < -0.4 is 16.8 Å². The Morgan fingerprint density at radius 3 is 2.69 bits per heavy atom. The summed E-state index contributed by atoms with van der Waals surface area (Å²) in [7, 11) is 0. The van der Waals surface area contributed by atoms with Crippen molar-refractivity contribution < 1.29 is 14.3 Å². The summed E-state index contributed by atoms with van der Waals surface area (Å²) < 4.78 is 13.6. The normalized spacial score (nSPS) is 12.1. The number of pyridine rings is 1. The van der Waals surface area contributed by atoms with Gasteiger partial charge in [0, 0.05) is 23.7 Å². The molecule has 0 spiro atoms. The van der Waals surface area contributed by atoms with E-state index in [0.717, 1.165) is 0 Å². The Kier molecular flexibility index (Phi) is 5.11. The van der Waals surface area contributed by atoms with Crippen LogP contribution in [0.3, 0.4) is 0 Å². The van der Waals surface area contributed by atoms with Crippen LogP contribution in [0.4, 0.5) is 10.1 Å². The van der Waals surface area contributed by atoms with E-state index >= 15 is 0 Å². The molecule has 0 bridgehead atoms. The van der Waals surface area contributed by atoms with E-state index in [1.807, 2.05) is 0 Å². The molecule has 26 heavy (non-hydrogen) atoms. The molecule has 6 nitrogen and oxygen atoms in total. The van der Waals surface area contributed by atoms with E-state index in [1.54, 1.807) is 30.3 Å². The highest BCUT2D eigenvalue weighted by molar-refractivity contribution is 6.08. The molecule has 3 rings (SSSR count). The number of primary amides is 1. The average Bonchev–Trinajstić information content (AvgIpc) is 2.65. The van der Waals surface area contributed by atoms with Gasteiger partial charge in [-0.2, -0.15) is 0 Å². The Bertz CT molecular complexity index is 961. The Hall–Kier alpha value is -3.03. The summed E-state index contributed by atoms with van der Waals surface area (Å²) in [6.07, 6.45) is 1.48. The molecule has 0 radical (unpaired) electrons. The van der Waals surface area contributed by atoms with Crippen molar-refractivity contribution in [2.75, 3.05) is 11.9 Å². The lowest BCUT2D eigenvalue weighted by Crippen LogP contribution is -2.22. The van der Waals surface area contributed by atoms with Crippen LogP contribution in [-0.2, 0) is 6.61 Å². The lowest BCUT2D eigenvalue weighted by Gasteiger charge is -2.22. The van der Waals surface area contributed by atoms with Crippen molar-refractivity contribution in [1.29, 1.82) is 0 Å². The monoisotopic (exact) mass is 354 g/mol. The smallest absolute Gasteiger partial charge is 0.250 e. The largest absolute Gasteiger partial charge is 0.392 e. The minimum atomic E-state index is -0.591. The van der Waals surface area contributed by atoms with Gasteiger partial charge in [0.2, 0.25) is 0 Å². The average molecular weight is 354 g/mol. The lowest BCUT2D eigenvalue weighted by atomic mass is 10.0. The number of carbonyl (C=O) groups excluding carboxylic acids is 1. The summed E-state index contributed by atoms with van der Waals surface area (Å²) >= 11 is 0. The number of aliphatic hydroxyl groups excluding tert-OH is 1. The predicted molar refractivity (Wildman–Crippen MR) is 98.0 cm³/mol. The highest BCUT2D eigenvalue weighted by Crippen LogP contribution is 2.31. The molecular weight excluding hydrogens is 335 g/mol. The first-order valence-electron chi connectivity index (χ1n) is 8.08. The summed E-state index contributed by atoms with van der Waals surface area (Å²) in [5, 5.41) is 13.6. The third kappa shape index (κ3) is 3.35. The maximum Gasteiger partial charge on any atom is 0.250 e. The predicted octanol–water partition coefficient (Wildman–Crippen LogP) is 2.08. The minimum absolute atomic E-state index is 0.202. The van der Waals surface area contributed by atoms with Gasteiger partial charge in [-0.25, -0.2) is 4.39 Å². The zero-order chi connectivity index (χ0) is 18.7. The molecule has 3 aromatic rings. The molecule has 6 N–H and O–H groups in total. The quantitative estimate of drug-likeness (QED) is 0.541. The van der Waals surface area contributed by atoms with Gasteiger partial charge in [-0.15, -0.1) is 0 Å². The van der Waals surface area contributed by atoms with Gasteiger partial charge in [-0.1, -0.05) is 24.3 Å². The molecule has 0 aliphatic carbocycles. The highest BCUT2D eigenvalue weighted by Gasteiger charge is 2.17. The van der Waals surface area contributed by atoms with E-state index < -0.39 is 5.91 Å². The second-order valence-corrected chi connectivity index (χ2v) is 5.87. The number of hydrogen-bond donors (Lipinski definition) is 4. The van der Waals surface area contributed by atoms with E-state index in [-0.39, 0.29) is 30.6 Å². The molecule has 1 unspecified atom stereocenters. The number of rotatable bonds is 6. The summed E-state index contributed by atoms with van der Waals surface area (Å²) in [6, 6.07) is 10.8. The number of carbonyl (C=O) groups is 1.